The Morgan fingerprint density at radius 2 is 2.08 bits per heavy atom. The summed E-state index contributed by atoms with van der Waals surface area (Å²) in [5.74, 6) is -0.455. The van der Waals surface area contributed by atoms with Crippen molar-refractivity contribution >= 4 is 35.8 Å². The van der Waals surface area contributed by atoms with Crippen LogP contribution in [0.2, 0.25) is 5.02 Å². The summed E-state index contributed by atoms with van der Waals surface area (Å²) in [5.41, 5.74) is 6.50. The normalized spacial score (nSPS) is 20.4. The molecule has 1 aromatic rings. The number of carbonyl (C=O) groups excluding carboxylic acids is 2. The van der Waals surface area contributed by atoms with Crippen LogP contribution in [0.25, 0.3) is 0 Å². The van der Waals surface area contributed by atoms with Gasteiger partial charge in [-0.15, -0.1) is 12.4 Å². The molecule has 1 fully saturated rings. The quantitative estimate of drug-likeness (QED) is 0.844. The SMILES string of the molecule is CN(CC(C)(C)CN)C(=O)C1CC(=O)N(C)C1c1cccc(Cl)c1.Cl. The van der Waals surface area contributed by atoms with E-state index in [2.05, 4.69) is 0 Å². The zero-order valence-corrected chi connectivity index (χ0v) is 16.7. The second-order valence-corrected chi connectivity index (χ2v) is 7.81. The fourth-order valence-electron chi connectivity index (χ4n) is 3.31. The van der Waals surface area contributed by atoms with Crippen molar-refractivity contribution in [2.24, 2.45) is 17.1 Å². The van der Waals surface area contributed by atoms with E-state index >= 15 is 0 Å². The molecule has 2 N–H and O–H groups in total. The molecule has 0 radical (unpaired) electrons. The summed E-state index contributed by atoms with van der Waals surface area (Å²) < 4.78 is 0. The molecule has 5 nitrogen and oxygen atoms in total. The predicted molar refractivity (Wildman–Crippen MR) is 103 cm³/mol. The third kappa shape index (κ3) is 4.87. The van der Waals surface area contributed by atoms with Gasteiger partial charge in [0, 0.05) is 32.1 Å². The van der Waals surface area contributed by atoms with Crippen molar-refractivity contribution in [1.82, 2.24) is 9.80 Å². The minimum absolute atomic E-state index is 0. The van der Waals surface area contributed by atoms with Gasteiger partial charge >= 0.3 is 0 Å². The summed E-state index contributed by atoms with van der Waals surface area (Å²) in [6.07, 6.45) is 0.222. The number of hydrogen-bond acceptors (Lipinski definition) is 3. The monoisotopic (exact) mass is 387 g/mol. The van der Waals surface area contributed by atoms with Gasteiger partial charge in [0.2, 0.25) is 11.8 Å². The van der Waals surface area contributed by atoms with Crippen molar-refractivity contribution in [3.8, 4) is 0 Å². The number of amides is 2. The van der Waals surface area contributed by atoms with Crippen molar-refractivity contribution in [3.63, 3.8) is 0 Å². The van der Waals surface area contributed by atoms with E-state index in [4.69, 9.17) is 17.3 Å². The van der Waals surface area contributed by atoms with Crippen molar-refractivity contribution in [2.75, 3.05) is 27.2 Å². The smallest absolute Gasteiger partial charge is 0.228 e. The number of carbonyl (C=O) groups is 2. The summed E-state index contributed by atoms with van der Waals surface area (Å²) in [5, 5.41) is 0.601. The average Bonchev–Trinajstić information content (AvgIpc) is 2.81. The van der Waals surface area contributed by atoms with Gasteiger partial charge in [-0.3, -0.25) is 9.59 Å². The molecule has 2 amide bonds. The zero-order valence-electron chi connectivity index (χ0n) is 15.2. The van der Waals surface area contributed by atoms with Crippen molar-refractivity contribution in [1.29, 1.82) is 0 Å². The van der Waals surface area contributed by atoms with Crippen LogP contribution in [0.3, 0.4) is 0 Å². The van der Waals surface area contributed by atoms with Gasteiger partial charge in [0.25, 0.3) is 0 Å². The third-order valence-corrected chi connectivity index (χ3v) is 4.92. The molecule has 1 aliphatic heterocycles. The molecular weight excluding hydrogens is 361 g/mol. The van der Waals surface area contributed by atoms with Crippen LogP contribution in [0.15, 0.2) is 24.3 Å². The van der Waals surface area contributed by atoms with Crippen LogP contribution in [0, 0.1) is 11.3 Å². The highest BCUT2D eigenvalue weighted by Crippen LogP contribution is 2.38. The first kappa shape index (κ1) is 21.7. The molecule has 2 unspecified atom stereocenters. The molecule has 1 aromatic carbocycles. The van der Waals surface area contributed by atoms with Crippen LogP contribution >= 0.6 is 24.0 Å². The Kier molecular flexibility index (Phi) is 7.29. The molecule has 1 heterocycles. The summed E-state index contributed by atoms with van der Waals surface area (Å²) >= 11 is 6.09. The minimum Gasteiger partial charge on any atom is -0.345 e. The number of hydrogen-bond donors (Lipinski definition) is 1. The largest absolute Gasteiger partial charge is 0.345 e. The van der Waals surface area contributed by atoms with Gasteiger partial charge in [-0.2, -0.15) is 0 Å². The first-order valence-electron chi connectivity index (χ1n) is 8.12. The summed E-state index contributed by atoms with van der Waals surface area (Å²) in [4.78, 5) is 28.5. The lowest BCUT2D eigenvalue weighted by Crippen LogP contribution is -2.43. The number of likely N-dealkylation sites (tertiary alicyclic amines) is 1. The minimum atomic E-state index is -0.403. The van der Waals surface area contributed by atoms with Gasteiger partial charge in [0.05, 0.1) is 12.0 Å². The maximum atomic E-state index is 13.0. The van der Waals surface area contributed by atoms with Gasteiger partial charge in [-0.1, -0.05) is 37.6 Å². The third-order valence-electron chi connectivity index (χ3n) is 4.69. The van der Waals surface area contributed by atoms with Gasteiger partial charge in [-0.05, 0) is 29.7 Å². The molecule has 0 aliphatic carbocycles. The van der Waals surface area contributed by atoms with Crippen molar-refractivity contribution in [2.45, 2.75) is 26.3 Å². The lowest BCUT2D eigenvalue weighted by Gasteiger charge is -2.32. The Bertz CT molecular complexity index is 637. The second-order valence-electron chi connectivity index (χ2n) is 7.38. The van der Waals surface area contributed by atoms with E-state index in [1.54, 1.807) is 30.0 Å². The Hall–Kier alpha value is -1.30. The Morgan fingerprint density at radius 1 is 1.44 bits per heavy atom. The van der Waals surface area contributed by atoms with Crippen LogP contribution < -0.4 is 5.73 Å². The highest BCUT2D eigenvalue weighted by atomic mass is 35.5. The van der Waals surface area contributed by atoms with Gasteiger partial charge < -0.3 is 15.5 Å². The zero-order chi connectivity index (χ0) is 18.1. The fourth-order valence-corrected chi connectivity index (χ4v) is 3.50. The van der Waals surface area contributed by atoms with Crippen LogP contribution in [0.5, 0.6) is 0 Å². The van der Waals surface area contributed by atoms with E-state index < -0.39 is 5.92 Å². The van der Waals surface area contributed by atoms with E-state index in [9.17, 15) is 9.59 Å². The molecule has 0 bridgehead atoms. The van der Waals surface area contributed by atoms with Crippen LogP contribution in [-0.2, 0) is 9.59 Å². The van der Waals surface area contributed by atoms with E-state index in [1.807, 2.05) is 32.0 Å². The molecule has 0 spiro atoms. The molecule has 7 heteroatoms. The average molecular weight is 388 g/mol. The maximum absolute atomic E-state index is 13.0. The molecule has 1 aliphatic rings. The molecule has 1 saturated heterocycles. The molecule has 2 rings (SSSR count). The Morgan fingerprint density at radius 3 is 2.64 bits per heavy atom. The van der Waals surface area contributed by atoms with E-state index in [0.717, 1.165) is 5.56 Å². The molecule has 140 valence electrons. The highest BCUT2D eigenvalue weighted by Gasteiger charge is 2.44. The number of halogens is 2. The maximum Gasteiger partial charge on any atom is 0.228 e. The molecular formula is C18H27Cl2N3O2. The number of rotatable bonds is 5. The first-order valence-corrected chi connectivity index (χ1v) is 8.50. The Balaban J connectivity index is 0.00000312. The number of nitrogens with two attached hydrogens (primary N) is 1. The summed E-state index contributed by atoms with van der Waals surface area (Å²) in [6.45, 7) is 5.10. The molecule has 0 aromatic heterocycles. The van der Waals surface area contributed by atoms with E-state index in [-0.39, 0.29) is 42.1 Å². The van der Waals surface area contributed by atoms with Gasteiger partial charge in [0.1, 0.15) is 0 Å². The lowest BCUT2D eigenvalue weighted by atomic mass is 9.90. The highest BCUT2D eigenvalue weighted by molar-refractivity contribution is 6.30. The molecule has 25 heavy (non-hydrogen) atoms. The second kappa shape index (κ2) is 8.39. The van der Waals surface area contributed by atoms with Crippen LogP contribution in [0.1, 0.15) is 31.9 Å². The van der Waals surface area contributed by atoms with Crippen molar-refractivity contribution < 1.29 is 9.59 Å². The van der Waals surface area contributed by atoms with E-state index in [0.29, 0.717) is 18.1 Å². The van der Waals surface area contributed by atoms with Crippen LogP contribution in [-0.4, -0.2) is 48.8 Å². The van der Waals surface area contributed by atoms with Gasteiger partial charge in [0.15, 0.2) is 0 Å². The molecule has 0 saturated carbocycles. The molecule has 2 atom stereocenters. The first-order chi connectivity index (χ1) is 11.2. The predicted octanol–water partition coefficient (Wildman–Crippen LogP) is 2.72. The summed E-state index contributed by atoms with van der Waals surface area (Å²) in [7, 11) is 3.52. The Labute approximate surface area is 160 Å². The fraction of sp³-hybridized carbons (Fsp3) is 0.556. The van der Waals surface area contributed by atoms with Gasteiger partial charge in [-0.25, -0.2) is 0 Å². The van der Waals surface area contributed by atoms with E-state index in [1.165, 1.54) is 0 Å². The van der Waals surface area contributed by atoms with Crippen molar-refractivity contribution in [3.05, 3.63) is 34.9 Å². The summed E-state index contributed by atoms with van der Waals surface area (Å²) in [6, 6.07) is 7.08. The standard InChI is InChI=1S/C18H26ClN3O2.ClH/c1-18(2,10-20)11-21(3)17(24)14-9-15(23)22(4)16(14)12-6-5-7-13(19)8-12;/h5-8,14,16H,9-11,20H2,1-4H3;1H. The number of benzene rings is 1. The lowest BCUT2D eigenvalue weighted by molar-refractivity contribution is -0.136. The number of nitrogens with zero attached hydrogens (tertiary/aromatic N) is 2. The van der Waals surface area contributed by atoms with Crippen LogP contribution in [0.4, 0.5) is 0 Å². The topological polar surface area (TPSA) is 66.6 Å².